The molecule has 1 aromatic heterocycles. The third-order valence-corrected chi connectivity index (χ3v) is 3.70. The molecule has 0 atom stereocenters. The molecular weight excluding hydrogens is 335 g/mol. The maximum Gasteiger partial charge on any atom is 0.224 e. The monoisotopic (exact) mass is 354 g/mol. The first kappa shape index (κ1) is 17.7. The van der Waals surface area contributed by atoms with Crippen molar-refractivity contribution in [3.8, 4) is 17.1 Å². The Morgan fingerprint density at radius 2 is 2.04 bits per heavy atom. The van der Waals surface area contributed by atoms with Crippen LogP contribution in [-0.2, 0) is 11.2 Å². The summed E-state index contributed by atoms with van der Waals surface area (Å²) in [6.45, 7) is 2.17. The molecule has 0 radical (unpaired) electrons. The number of aryl methyl sites for hydroxylation is 1. The Morgan fingerprint density at radius 3 is 2.81 bits per heavy atom. The first-order valence-electron chi connectivity index (χ1n) is 8.38. The number of nitrogens with one attached hydrogen (secondary N) is 1. The lowest BCUT2D eigenvalue weighted by Crippen LogP contribution is -2.13. The zero-order valence-electron chi connectivity index (χ0n) is 14.4. The van der Waals surface area contributed by atoms with Crippen LogP contribution in [0.25, 0.3) is 11.3 Å². The van der Waals surface area contributed by atoms with Crippen molar-refractivity contribution in [2.24, 2.45) is 0 Å². The quantitative estimate of drug-likeness (QED) is 0.681. The smallest absolute Gasteiger partial charge is 0.224 e. The number of hydrogen-bond donors (Lipinski definition) is 1. The van der Waals surface area contributed by atoms with E-state index in [1.807, 2.05) is 30.3 Å². The molecule has 1 N–H and O–H groups in total. The van der Waals surface area contributed by atoms with E-state index in [1.54, 1.807) is 13.1 Å². The van der Waals surface area contributed by atoms with Crippen molar-refractivity contribution < 1.29 is 18.3 Å². The van der Waals surface area contributed by atoms with E-state index < -0.39 is 5.82 Å². The van der Waals surface area contributed by atoms with E-state index in [9.17, 15) is 9.18 Å². The lowest BCUT2D eigenvalue weighted by molar-refractivity contribution is -0.116. The third-order valence-electron chi connectivity index (χ3n) is 3.70. The number of carbonyl (C=O) groups is 1. The molecule has 0 aliphatic carbocycles. The molecule has 6 heteroatoms. The van der Waals surface area contributed by atoms with Gasteiger partial charge in [-0.05, 0) is 19.1 Å². The second-order valence-corrected chi connectivity index (χ2v) is 5.61. The number of carbonyl (C=O) groups excluding carboxylic acids is 1. The summed E-state index contributed by atoms with van der Waals surface area (Å²) < 4.78 is 24.3. The molecule has 5 nitrogen and oxygen atoms in total. The molecule has 3 rings (SSSR count). The van der Waals surface area contributed by atoms with Gasteiger partial charge in [0.25, 0.3) is 0 Å². The molecule has 1 amide bonds. The van der Waals surface area contributed by atoms with Gasteiger partial charge in [0.1, 0.15) is 11.6 Å². The molecule has 0 saturated carbocycles. The number of amides is 1. The van der Waals surface area contributed by atoms with Crippen LogP contribution >= 0.6 is 0 Å². The van der Waals surface area contributed by atoms with Crippen LogP contribution in [0.5, 0.6) is 5.75 Å². The SMILES string of the molecule is CCOc1cc(F)ccc1NC(=O)CCc1ncc(-c2ccccc2)o1. The van der Waals surface area contributed by atoms with E-state index in [-0.39, 0.29) is 12.3 Å². The lowest BCUT2D eigenvalue weighted by Gasteiger charge is -2.11. The van der Waals surface area contributed by atoms with Gasteiger partial charge in [-0.3, -0.25) is 4.79 Å². The van der Waals surface area contributed by atoms with E-state index in [4.69, 9.17) is 9.15 Å². The summed E-state index contributed by atoms with van der Waals surface area (Å²) in [7, 11) is 0. The molecule has 0 aliphatic heterocycles. The number of benzene rings is 2. The molecule has 26 heavy (non-hydrogen) atoms. The molecule has 0 saturated heterocycles. The number of aromatic nitrogens is 1. The van der Waals surface area contributed by atoms with Gasteiger partial charge in [0.05, 0.1) is 18.5 Å². The summed E-state index contributed by atoms with van der Waals surface area (Å²) in [4.78, 5) is 16.4. The van der Waals surface area contributed by atoms with Gasteiger partial charge in [0, 0.05) is 24.5 Å². The molecule has 0 fully saturated rings. The fourth-order valence-electron chi connectivity index (χ4n) is 2.47. The minimum atomic E-state index is -0.417. The molecule has 0 bridgehead atoms. The summed E-state index contributed by atoms with van der Waals surface area (Å²) in [5.41, 5.74) is 1.37. The average molecular weight is 354 g/mol. The Bertz CT molecular complexity index is 878. The molecule has 2 aromatic carbocycles. The van der Waals surface area contributed by atoms with E-state index in [2.05, 4.69) is 10.3 Å². The zero-order chi connectivity index (χ0) is 18.4. The summed E-state index contributed by atoms with van der Waals surface area (Å²) >= 11 is 0. The minimum absolute atomic E-state index is 0.192. The van der Waals surface area contributed by atoms with Gasteiger partial charge in [-0.25, -0.2) is 9.37 Å². The maximum atomic E-state index is 13.3. The minimum Gasteiger partial charge on any atom is -0.492 e. The summed E-state index contributed by atoms with van der Waals surface area (Å²) in [6, 6.07) is 13.6. The second-order valence-electron chi connectivity index (χ2n) is 5.61. The van der Waals surface area contributed by atoms with Crippen LogP contribution in [0.15, 0.2) is 59.1 Å². The van der Waals surface area contributed by atoms with Crippen molar-refractivity contribution in [1.29, 1.82) is 0 Å². The Morgan fingerprint density at radius 1 is 1.23 bits per heavy atom. The van der Waals surface area contributed by atoms with Crippen molar-refractivity contribution in [2.75, 3.05) is 11.9 Å². The van der Waals surface area contributed by atoms with Crippen molar-refractivity contribution in [2.45, 2.75) is 19.8 Å². The Kier molecular flexibility index (Phi) is 5.63. The van der Waals surface area contributed by atoms with Gasteiger partial charge in [-0.15, -0.1) is 0 Å². The fourth-order valence-corrected chi connectivity index (χ4v) is 2.47. The van der Waals surface area contributed by atoms with Crippen LogP contribution in [0.1, 0.15) is 19.2 Å². The number of anilines is 1. The molecule has 1 heterocycles. The third kappa shape index (κ3) is 4.47. The molecule has 0 unspecified atom stereocenters. The van der Waals surface area contributed by atoms with Crippen molar-refractivity contribution in [3.63, 3.8) is 0 Å². The van der Waals surface area contributed by atoms with Gasteiger partial charge in [0.15, 0.2) is 11.7 Å². The van der Waals surface area contributed by atoms with Gasteiger partial charge < -0.3 is 14.5 Å². The van der Waals surface area contributed by atoms with Crippen LogP contribution < -0.4 is 10.1 Å². The van der Waals surface area contributed by atoms with E-state index in [1.165, 1.54) is 18.2 Å². The predicted molar refractivity (Wildman–Crippen MR) is 96.5 cm³/mol. The van der Waals surface area contributed by atoms with E-state index in [0.717, 1.165) is 5.56 Å². The number of rotatable bonds is 7. The van der Waals surface area contributed by atoms with Gasteiger partial charge in [0.2, 0.25) is 5.91 Å². The van der Waals surface area contributed by atoms with Crippen molar-refractivity contribution in [3.05, 3.63) is 66.4 Å². The molecule has 134 valence electrons. The topological polar surface area (TPSA) is 64.4 Å². The highest BCUT2D eigenvalue weighted by Crippen LogP contribution is 2.26. The highest BCUT2D eigenvalue weighted by atomic mass is 19.1. The standard InChI is InChI=1S/C20H19FN2O3/c1-2-25-17-12-15(21)8-9-16(17)23-19(24)10-11-20-22-13-18(26-20)14-6-4-3-5-7-14/h3-9,12-13H,2,10-11H2,1H3,(H,23,24). The molecule has 0 aliphatic rings. The van der Waals surface area contributed by atoms with Crippen LogP contribution in [0.3, 0.4) is 0 Å². The molecule has 0 spiro atoms. The summed E-state index contributed by atoms with van der Waals surface area (Å²) in [5.74, 6) is 0.821. The molecular formula is C20H19FN2O3. The second kappa shape index (κ2) is 8.29. The number of ether oxygens (including phenoxy) is 1. The number of halogens is 1. The number of nitrogens with zero attached hydrogens (tertiary/aromatic N) is 1. The largest absolute Gasteiger partial charge is 0.492 e. The number of oxazole rings is 1. The van der Waals surface area contributed by atoms with Crippen LogP contribution in [-0.4, -0.2) is 17.5 Å². The highest BCUT2D eigenvalue weighted by molar-refractivity contribution is 5.92. The fraction of sp³-hybridized carbons (Fsp3) is 0.200. The molecule has 3 aromatic rings. The first-order valence-corrected chi connectivity index (χ1v) is 8.38. The average Bonchev–Trinajstić information content (AvgIpc) is 3.12. The van der Waals surface area contributed by atoms with Gasteiger partial charge in [-0.2, -0.15) is 0 Å². The first-order chi connectivity index (χ1) is 12.7. The van der Waals surface area contributed by atoms with E-state index in [0.29, 0.717) is 36.1 Å². The Balaban J connectivity index is 1.59. The predicted octanol–water partition coefficient (Wildman–Crippen LogP) is 4.45. The highest BCUT2D eigenvalue weighted by Gasteiger charge is 2.12. The van der Waals surface area contributed by atoms with Crippen molar-refractivity contribution >= 4 is 11.6 Å². The van der Waals surface area contributed by atoms with Crippen LogP contribution in [0.4, 0.5) is 10.1 Å². The normalized spacial score (nSPS) is 10.5. The van der Waals surface area contributed by atoms with Crippen LogP contribution in [0.2, 0.25) is 0 Å². The summed E-state index contributed by atoms with van der Waals surface area (Å²) in [5, 5.41) is 2.73. The number of hydrogen-bond acceptors (Lipinski definition) is 4. The van der Waals surface area contributed by atoms with Gasteiger partial charge in [-0.1, -0.05) is 30.3 Å². The maximum absolute atomic E-state index is 13.3. The van der Waals surface area contributed by atoms with Crippen LogP contribution in [0, 0.1) is 5.82 Å². The van der Waals surface area contributed by atoms with E-state index >= 15 is 0 Å². The summed E-state index contributed by atoms with van der Waals surface area (Å²) in [6.07, 6.45) is 2.21. The Hall–Kier alpha value is -3.15. The van der Waals surface area contributed by atoms with Crippen molar-refractivity contribution in [1.82, 2.24) is 4.98 Å². The van der Waals surface area contributed by atoms with Gasteiger partial charge >= 0.3 is 0 Å². The zero-order valence-corrected chi connectivity index (χ0v) is 14.4. The Labute approximate surface area is 150 Å². The lowest BCUT2D eigenvalue weighted by atomic mass is 10.2.